The second-order valence-electron chi connectivity index (χ2n) is 7.16. The lowest BCUT2D eigenvalue weighted by atomic mass is 10.2. The number of anilines is 1. The van der Waals surface area contributed by atoms with Crippen LogP contribution in [0.25, 0.3) is 16.6 Å². The molecule has 0 atom stereocenters. The quantitative estimate of drug-likeness (QED) is 0.739. The molecule has 0 unspecified atom stereocenters. The van der Waals surface area contributed by atoms with Crippen molar-refractivity contribution in [1.82, 2.24) is 19.8 Å². The van der Waals surface area contributed by atoms with Gasteiger partial charge in [-0.2, -0.15) is 0 Å². The summed E-state index contributed by atoms with van der Waals surface area (Å²) in [6.45, 7) is 5.53. The van der Waals surface area contributed by atoms with Gasteiger partial charge in [0.05, 0.1) is 29.8 Å². The fourth-order valence-corrected chi connectivity index (χ4v) is 3.65. The van der Waals surface area contributed by atoms with Crippen molar-refractivity contribution in [3.05, 3.63) is 29.8 Å². The van der Waals surface area contributed by atoms with Crippen molar-refractivity contribution >= 4 is 28.1 Å². The molecule has 8 heteroatoms. The van der Waals surface area contributed by atoms with Crippen LogP contribution in [0.15, 0.2) is 24.0 Å². The van der Waals surface area contributed by atoms with Crippen molar-refractivity contribution in [3.63, 3.8) is 0 Å². The molecule has 0 bridgehead atoms. The minimum absolute atomic E-state index is 0.175. The zero-order chi connectivity index (χ0) is 19.0. The first-order valence-electron chi connectivity index (χ1n) is 9.25. The molecule has 2 aliphatic rings. The van der Waals surface area contributed by atoms with Crippen LogP contribution in [0.1, 0.15) is 5.82 Å². The number of amidine groups is 1. The molecule has 144 valence electrons. The van der Waals surface area contributed by atoms with E-state index in [1.807, 2.05) is 6.07 Å². The lowest BCUT2D eigenvalue weighted by Crippen LogP contribution is -2.44. The Labute approximate surface area is 158 Å². The number of aliphatic hydroxyl groups excluding tert-OH is 1. The van der Waals surface area contributed by atoms with Crippen molar-refractivity contribution in [2.45, 2.75) is 0 Å². The van der Waals surface area contributed by atoms with Crippen LogP contribution >= 0.6 is 0 Å². The maximum absolute atomic E-state index is 10.4. The second kappa shape index (κ2) is 7.21. The van der Waals surface area contributed by atoms with Gasteiger partial charge in [-0.25, -0.2) is 4.98 Å². The summed E-state index contributed by atoms with van der Waals surface area (Å²) in [5, 5.41) is 18.8. The first-order valence-corrected chi connectivity index (χ1v) is 9.25. The van der Waals surface area contributed by atoms with Crippen LogP contribution in [0.4, 0.5) is 5.69 Å². The Bertz CT molecular complexity index is 881. The molecule has 2 aliphatic heterocycles. The van der Waals surface area contributed by atoms with E-state index in [0.717, 1.165) is 37.2 Å². The largest absolute Gasteiger partial charge is 0.510 e. The number of fused-ring (bicyclic) bond motifs is 1. The molecule has 8 nitrogen and oxygen atoms in total. The topological polar surface area (TPSA) is 91.7 Å². The normalized spacial score (nSPS) is 19.0. The van der Waals surface area contributed by atoms with Gasteiger partial charge in [-0.05, 0) is 25.2 Å². The molecule has 4 rings (SSSR count). The molecular formula is C19H26N6O2. The van der Waals surface area contributed by atoms with Gasteiger partial charge in [-0.1, -0.05) is 0 Å². The SMILES string of the molecule is COCCN1CC(O)=C(c2nc3ccc(N4CCN(C)CC4)cc3[nH]2)C1=N. The highest BCUT2D eigenvalue weighted by Gasteiger charge is 2.30. The summed E-state index contributed by atoms with van der Waals surface area (Å²) in [6, 6.07) is 6.20. The van der Waals surface area contributed by atoms with Gasteiger partial charge in [-0.3, -0.25) is 5.41 Å². The van der Waals surface area contributed by atoms with Gasteiger partial charge < -0.3 is 29.5 Å². The summed E-state index contributed by atoms with van der Waals surface area (Å²) in [4.78, 5) is 14.4. The number of aromatic amines is 1. The third kappa shape index (κ3) is 3.38. The van der Waals surface area contributed by atoms with Crippen molar-refractivity contribution < 1.29 is 9.84 Å². The lowest BCUT2D eigenvalue weighted by Gasteiger charge is -2.34. The molecule has 27 heavy (non-hydrogen) atoms. The van der Waals surface area contributed by atoms with E-state index >= 15 is 0 Å². The molecule has 2 aromatic rings. The molecule has 1 aromatic heterocycles. The molecule has 3 heterocycles. The van der Waals surface area contributed by atoms with Crippen LogP contribution in [-0.4, -0.2) is 90.7 Å². The van der Waals surface area contributed by atoms with Crippen LogP contribution in [0, 0.1) is 5.41 Å². The number of hydrogen-bond donors (Lipinski definition) is 3. The molecule has 0 amide bonds. The number of rotatable bonds is 5. The molecular weight excluding hydrogens is 344 g/mol. The summed E-state index contributed by atoms with van der Waals surface area (Å²) in [6.07, 6.45) is 0. The number of piperazine rings is 1. The number of aromatic nitrogens is 2. The van der Waals surface area contributed by atoms with Crippen LogP contribution < -0.4 is 4.90 Å². The third-order valence-corrected chi connectivity index (χ3v) is 5.32. The predicted molar refractivity (Wildman–Crippen MR) is 107 cm³/mol. The number of nitrogens with zero attached hydrogens (tertiary/aromatic N) is 4. The smallest absolute Gasteiger partial charge is 0.145 e. The highest BCUT2D eigenvalue weighted by molar-refractivity contribution is 6.23. The maximum Gasteiger partial charge on any atom is 0.145 e. The van der Waals surface area contributed by atoms with Crippen LogP contribution in [0.5, 0.6) is 0 Å². The van der Waals surface area contributed by atoms with Crippen molar-refractivity contribution in [2.75, 3.05) is 64.9 Å². The number of ether oxygens (including phenoxy) is 1. The van der Waals surface area contributed by atoms with E-state index in [9.17, 15) is 5.11 Å². The summed E-state index contributed by atoms with van der Waals surface area (Å²) in [5.41, 5.74) is 3.41. The van der Waals surface area contributed by atoms with E-state index in [-0.39, 0.29) is 11.6 Å². The highest BCUT2D eigenvalue weighted by atomic mass is 16.5. The Balaban J connectivity index is 1.58. The first-order chi connectivity index (χ1) is 13.1. The molecule has 0 spiro atoms. The van der Waals surface area contributed by atoms with E-state index < -0.39 is 0 Å². The van der Waals surface area contributed by atoms with Gasteiger partial charge >= 0.3 is 0 Å². The Morgan fingerprint density at radius 1 is 1.26 bits per heavy atom. The number of likely N-dealkylation sites (N-methyl/N-ethyl adjacent to an activating group) is 1. The molecule has 3 N–H and O–H groups in total. The number of hydrogen-bond acceptors (Lipinski definition) is 6. The summed E-state index contributed by atoms with van der Waals surface area (Å²) in [7, 11) is 3.78. The average Bonchev–Trinajstić information content (AvgIpc) is 3.19. The molecule has 1 saturated heterocycles. The average molecular weight is 370 g/mol. The molecule has 0 radical (unpaired) electrons. The minimum atomic E-state index is 0.175. The minimum Gasteiger partial charge on any atom is -0.510 e. The van der Waals surface area contributed by atoms with Crippen molar-refractivity contribution in [3.8, 4) is 0 Å². The monoisotopic (exact) mass is 370 g/mol. The van der Waals surface area contributed by atoms with Gasteiger partial charge in [0.25, 0.3) is 0 Å². The Hall–Kier alpha value is -2.58. The summed E-state index contributed by atoms with van der Waals surface area (Å²) in [5.74, 6) is 1.00. The van der Waals surface area contributed by atoms with Crippen molar-refractivity contribution in [1.29, 1.82) is 5.41 Å². The summed E-state index contributed by atoms with van der Waals surface area (Å²) < 4.78 is 5.08. The van der Waals surface area contributed by atoms with E-state index in [1.54, 1.807) is 12.0 Å². The van der Waals surface area contributed by atoms with Gasteiger partial charge in [0, 0.05) is 45.5 Å². The fourth-order valence-electron chi connectivity index (χ4n) is 3.65. The first kappa shape index (κ1) is 17.8. The van der Waals surface area contributed by atoms with E-state index in [2.05, 4.69) is 38.9 Å². The Morgan fingerprint density at radius 2 is 2.04 bits per heavy atom. The zero-order valence-electron chi connectivity index (χ0n) is 15.8. The number of benzene rings is 1. The highest BCUT2D eigenvalue weighted by Crippen LogP contribution is 2.28. The number of imidazole rings is 1. The zero-order valence-corrected chi connectivity index (χ0v) is 15.8. The molecule has 0 saturated carbocycles. The maximum atomic E-state index is 10.4. The van der Waals surface area contributed by atoms with Gasteiger partial charge in [0.2, 0.25) is 0 Å². The Kier molecular flexibility index (Phi) is 4.75. The van der Waals surface area contributed by atoms with Gasteiger partial charge in [0.15, 0.2) is 0 Å². The predicted octanol–water partition coefficient (Wildman–Crippen LogP) is 1.52. The number of methoxy groups -OCH3 is 1. The standard InChI is InChI=1S/C19H26N6O2/c1-23-5-7-24(8-6-23)13-3-4-14-15(11-13)22-19(21-14)17-16(26)12-25(18(17)20)9-10-27-2/h3-4,11,20,26H,5-10,12H2,1-2H3,(H,21,22). The van der Waals surface area contributed by atoms with E-state index in [4.69, 9.17) is 10.1 Å². The van der Waals surface area contributed by atoms with Gasteiger partial charge in [-0.15, -0.1) is 0 Å². The number of H-pyrrole nitrogens is 1. The van der Waals surface area contributed by atoms with Crippen LogP contribution in [0.3, 0.4) is 0 Å². The second-order valence-corrected chi connectivity index (χ2v) is 7.16. The van der Waals surface area contributed by atoms with Crippen molar-refractivity contribution in [2.24, 2.45) is 0 Å². The van der Waals surface area contributed by atoms with E-state index in [1.165, 1.54) is 5.69 Å². The summed E-state index contributed by atoms with van der Waals surface area (Å²) >= 11 is 0. The number of nitrogens with one attached hydrogen (secondary N) is 2. The third-order valence-electron chi connectivity index (χ3n) is 5.32. The lowest BCUT2D eigenvalue weighted by molar-refractivity contribution is 0.177. The van der Waals surface area contributed by atoms with Crippen LogP contribution in [-0.2, 0) is 4.74 Å². The van der Waals surface area contributed by atoms with Gasteiger partial charge in [0.1, 0.15) is 17.4 Å². The molecule has 1 fully saturated rings. The fraction of sp³-hybridized carbons (Fsp3) is 0.474. The van der Waals surface area contributed by atoms with Crippen LogP contribution in [0.2, 0.25) is 0 Å². The van der Waals surface area contributed by atoms with E-state index in [0.29, 0.717) is 31.1 Å². The number of aliphatic hydroxyl groups is 1. The Morgan fingerprint density at radius 3 is 2.78 bits per heavy atom. The molecule has 1 aromatic carbocycles. The molecule has 0 aliphatic carbocycles.